The summed E-state index contributed by atoms with van der Waals surface area (Å²) in [5.74, 6) is 0. The predicted octanol–water partition coefficient (Wildman–Crippen LogP) is 2.00. The summed E-state index contributed by atoms with van der Waals surface area (Å²) in [6.45, 7) is 5.47. The minimum atomic E-state index is -0.343. The second-order valence-corrected chi connectivity index (χ2v) is 4.09. The third-order valence-electron chi connectivity index (χ3n) is 2.28. The van der Waals surface area contributed by atoms with Crippen molar-refractivity contribution < 1.29 is 0 Å². The van der Waals surface area contributed by atoms with E-state index in [9.17, 15) is 9.59 Å². The van der Waals surface area contributed by atoms with E-state index in [4.69, 9.17) is 0 Å². The molecule has 0 amide bonds. The lowest BCUT2D eigenvalue weighted by Gasteiger charge is -2.12. The number of H-pyrrole nitrogens is 1. The van der Waals surface area contributed by atoms with Crippen molar-refractivity contribution in [3.63, 3.8) is 0 Å². The molecule has 0 aliphatic rings. The molecule has 0 aliphatic carbocycles. The lowest BCUT2D eigenvalue weighted by Crippen LogP contribution is -2.38. The number of rotatable bonds is 2. The summed E-state index contributed by atoms with van der Waals surface area (Å²) < 4.78 is 1.66. The van der Waals surface area contributed by atoms with Gasteiger partial charge in [0.25, 0.3) is 5.56 Å². The molecule has 0 saturated heterocycles. The molecule has 0 spiro atoms. The van der Waals surface area contributed by atoms with Crippen LogP contribution in [0.4, 0.5) is 0 Å². The summed E-state index contributed by atoms with van der Waals surface area (Å²) in [4.78, 5) is 25.8. The number of nitrogens with one attached hydrogen (secondary N) is 1. The van der Waals surface area contributed by atoms with E-state index in [-0.39, 0.29) is 29.7 Å². The standard InChI is InChI=1S/C9H13BrN2O2.ClH/c1-4-5(2)12-8(13)7(10)6(3)11-9(12)14;/h5H,4H2,1-3H3,(H,11,14);1H. The summed E-state index contributed by atoms with van der Waals surface area (Å²) in [6, 6.07) is -0.0804. The van der Waals surface area contributed by atoms with Crippen LogP contribution in [0, 0.1) is 6.92 Å². The van der Waals surface area contributed by atoms with Gasteiger partial charge in [0.1, 0.15) is 4.47 Å². The van der Waals surface area contributed by atoms with Crippen LogP contribution in [-0.4, -0.2) is 9.55 Å². The number of hydrogen-bond acceptors (Lipinski definition) is 2. The van der Waals surface area contributed by atoms with Crippen molar-refractivity contribution in [3.05, 3.63) is 31.0 Å². The number of aromatic amines is 1. The van der Waals surface area contributed by atoms with Crippen LogP contribution in [0.1, 0.15) is 32.0 Å². The monoisotopic (exact) mass is 296 g/mol. The first kappa shape index (κ1) is 14.5. The molecule has 0 aliphatic heterocycles. The number of aromatic nitrogens is 2. The zero-order chi connectivity index (χ0) is 10.9. The van der Waals surface area contributed by atoms with Gasteiger partial charge in [-0.25, -0.2) is 4.79 Å². The molecule has 0 fully saturated rings. The summed E-state index contributed by atoms with van der Waals surface area (Å²) in [5.41, 5.74) is -0.0368. The maximum absolute atomic E-state index is 11.7. The van der Waals surface area contributed by atoms with Gasteiger partial charge in [0.2, 0.25) is 0 Å². The van der Waals surface area contributed by atoms with E-state index in [1.165, 1.54) is 4.57 Å². The van der Waals surface area contributed by atoms with Crippen molar-refractivity contribution in [1.82, 2.24) is 9.55 Å². The van der Waals surface area contributed by atoms with Crippen molar-refractivity contribution in [2.24, 2.45) is 0 Å². The average Bonchev–Trinajstić information content (AvgIpc) is 2.14. The summed E-state index contributed by atoms with van der Waals surface area (Å²) >= 11 is 3.16. The molecule has 0 bridgehead atoms. The fourth-order valence-corrected chi connectivity index (χ4v) is 1.51. The summed E-state index contributed by atoms with van der Waals surface area (Å²) in [5, 5.41) is 0. The molecule has 0 radical (unpaired) electrons. The minimum absolute atomic E-state index is 0. The zero-order valence-corrected chi connectivity index (χ0v) is 11.2. The van der Waals surface area contributed by atoms with Crippen LogP contribution in [0.3, 0.4) is 0 Å². The Morgan fingerprint density at radius 1 is 1.47 bits per heavy atom. The first-order valence-corrected chi connectivity index (χ1v) is 5.29. The fraction of sp³-hybridized carbons (Fsp3) is 0.556. The van der Waals surface area contributed by atoms with E-state index in [1.807, 2.05) is 13.8 Å². The molecule has 1 aromatic heterocycles. The lowest BCUT2D eigenvalue weighted by atomic mass is 10.2. The van der Waals surface area contributed by atoms with Crippen molar-refractivity contribution in [2.75, 3.05) is 0 Å². The maximum Gasteiger partial charge on any atom is 0.328 e. The topological polar surface area (TPSA) is 54.9 Å². The number of hydrogen-bond donors (Lipinski definition) is 1. The Morgan fingerprint density at radius 3 is 2.47 bits per heavy atom. The number of halogens is 2. The molecular formula is C9H14BrClN2O2. The molecule has 0 aromatic carbocycles. The highest BCUT2D eigenvalue weighted by molar-refractivity contribution is 9.10. The molecule has 1 unspecified atom stereocenters. The van der Waals surface area contributed by atoms with Gasteiger partial charge in [-0.05, 0) is 36.2 Å². The van der Waals surface area contributed by atoms with E-state index < -0.39 is 0 Å². The van der Waals surface area contributed by atoms with Gasteiger partial charge in [-0.3, -0.25) is 9.36 Å². The molecule has 1 aromatic rings. The minimum Gasteiger partial charge on any atom is -0.310 e. The first-order chi connectivity index (χ1) is 6.49. The fourth-order valence-electron chi connectivity index (χ4n) is 1.22. The van der Waals surface area contributed by atoms with Crippen LogP contribution in [0.2, 0.25) is 0 Å². The molecule has 15 heavy (non-hydrogen) atoms. The van der Waals surface area contributed by atoms with Gasteiger partial charge >= 0.3 is 5.69 Å². The molecule has 4 nitrogen and oxygen atoms in total. The van der Waals surface area contributed by atoms with E-state index in [2.05, 4.69) is 20.9 Å². The largest absolute Gasteiger partial charge is 0.328 e. The molecule has 1 heterocycles. The van der Waals surface area contributed by atoms with E-state index in [0.717, 1.165) is 6.42 Å². The van der Waals surface area contributed by atoms with Crippen molar-refractivity contribution >= 4 is 28.3 Å². The van der Waals surface area contributed by atoms with Gasteiger partial charge < -0.3 is 4.98 Å². The van der Waals surface area contributed by atoms with Crippen LogP contribution < -0.4 is 11.2 Å². The Morgan fingerprint density at radius 2 is 2.00 bits per heavy atom. The van der Waals surface area contributed by atoms with Gasteiger partial charge in [0.15, 0.2) is 0 Å². The highest BCUT2D eigenvalue weighted by Gasteiger charge is 2.12. The smallest absolute Gasteiger partial charge is 0.310 e. The molecule has 0 saturated carbocycles. The Hall–Kier alpha value is -0.550. The number of nitrogens with zero attached hydrogens (tertiary/aromatic N) is 1. The molecule has 6 heteroatoms. The van der Waals surface area contributed by atoms with Crippen LogP contribution in [0.25, 0.3) is 0 Å². The Balaban J connectivity index is 0.00000196. The van der Waals surface area contributed by atoms with E-state index in [0.29, 0.717) is 10.2 Å². The lowest BCUT2D eigenvalue weighted by molar-refractivity contribution is 0.486. The van der Waals surface area contributed by atoms with Crippen molar-refractivity contribution in [2.45, 2.75) is 33.2 Å². The van der Waals surface area contributed by atoms with Gasteiger partial charge in [-0.1, -0.05) is 6.92 Å². The average molecular weight is 298 g/mol. The van der Waals surface area contributed by atoms with Crippen LogP contribution in [0.15, 0.2) is 14.1 Å². The quantitative estimate of drug-likeness (QED) is 0.908. The normalized spacial score (nSPS) is 12.0. The summed E-state index contributed by atoms with van der Waals surface area (Å²) in [6.07, 6.45) is 0.748. The SMILES string of the molecule is CCC(C)n1c(=O)[nH]c(C)c(Br)c1=O.Cl. The Labute approximate surface area is 102 Å². The molecule has 1 atom stereocenters. The van der Waals surface area contributed by atoms with Gasteiger partial charge in [-0.2, -0.15) is 0 Å². The molecule has 1 rings (SSSR count). The maximum atomic E-state index is 11.7. The second-order valence-electron chi connectivity index (χ2n) is 3.30. The number of aryl methyl sites for hydroxylation is 1. The Kier molecular flexibility index (Phi) is 5.31. The van der Waals surface area contributed by atoms with Gasteiger partial charge in [0, 0.05) is 11.7 Å². The molecular weight excluding hydrogens is 283 g/mol. The van der Waals surface area contributed by atoms with Crippen molar-refractivity contribution in [3.8, 4) is 0 Å². The molecule has 1 N–H and O–H groups in total. The summed E-state index contributed by atoms with van der Waals surface area (Å²) in [7, 11) is 0. The highest BCUT2D eigenvalue weighted by atomic mass is 79.9. The third kappa shape index (κ3) is 2.72. The zero-order valence-electron chi connectivity index (χ0n) is 8.83. The van der Waals surface area contributed by atoms with Crippen LogP contribution in [-0.2, 0) is 0 Å². The first-order valence-electron chi connectivity index (χ1n) is 4.50. The van der Waals surface area contributed by atoms with E-state index in [1.54, 1.807) is 6.92 Å². The van der Waals surface area contributed by atoms with Crippen molar-refractivity contribution in [1.29, 1.82) is 0 Å². The van der Waals surface area contributed by atoms with Gasteiger partial charge in [-0.15, -0.1) is 12.4 Å². The van der Waals surface area contributed by atoms with Gasteiger partial charge in [0.05, 0.1) is 0 Å². The van der Waals surface area contributed by atoms with Crippen LogP contribution in [0.5, 0.6) is 0 Å². The predicted molar refractivity (Wildman–Crippen MR) is 66.0 cm³/mol. The Bertz CT molecular complexity index is 452. The van der Waals surface area contributed by atoms with E-state index >= 15 is 0 Å². The molecule has 86 valence electrons. The second kappa shape index (κ2) is 5.51. The third-order valence-corrected chi connectivity index (χ3v) is 3.21. The van der Waals surface area contributed by atoms with Crippen LogP contribution >= 0.6 is 28.3 Å². The highest BCUT2D eigenvalue weighted by Crippen LogP contribution is 2.08.